The van der Waals surface area contributed by atoms with Crippen LogP contribution in [0, 0.1) is 6.92 Å². The number of aryl methyl sites for hydroxylation is 1. The van der Waals surface area contributed by atoms with Gasteiger partial charge < -0.3 is 10.1 Å². The van der Waals surface area contributed by atoms with Gasteiger partial charge in [0.25, 0.3) is 0 Å². The average Bonchev–Trinajstić information content (AvgIpc) is 3.05. The van der Waals surface area contributed by atoms with E-state index in [4.69, 9.17) is 4.74 Å². The molecule has 0 fully saturated rings. The van der Waals surface area contributed by atoms with Crippen LogP contribution in [0.25, 0.3) is 0 Å². The summed E-state index contributed by atoms with van der Waals surface area (Å²) < 4.78 is 6.72. The van der Waals surface area contributed by atoms with E-state index < -0.39 is 0 Å². The Labute approximate surface area is 134 Å². The number of anilines is 1. The number of thiophene rings is 1. The molecule has 0 aliphatic heterocycles. The fourth-order valence-electron chi connectivity index (χ4n) is 2.06. The Morgan fingerprint density at radius 3 is 2.95 bits per heavy atom. The molecular weight excluding hydrogens is 300 g/mol. The van der Waals surface area contributed by atoms with Crippen LogP contribution >= 0.6 is 11.3 Å². The molecule has 2 aromatic rings. The van der Waals surface area contributed by atoms with Crippen LogP contribution in [0.15, 0.2) is 24.4 Å². The van der Waals surface area contributed by atoms with Gasteiger partial charge in [0, 0.05) is 41.6 Å². The molecule has 7 heteroatoms. The maximum atomic E-state index is 11.9. The average molecular weight is 322 g/mol. The Morgan fingerprint density at radius 2 is 2.27 bits per heavy atom. The number of nitrogens with one attached hydrogen (secondary N) is 2. The zero-order valence-corrected chi connectivity index (χ0v) is 13.9. The number of carbonyl (C=O) groups excluding carboxylic acids is 1. The van der Waals surface area contributed by atoms with Gasteiger partial charge in [0.05, 0.1) is 13.2 Å². The summed E-state index contributed by atoms with van der Waals surface area (Å²) in [5.74, 6) is 0.535. The van der Waals surface area contributed by atoms with E-state index in [1.165, 1.54) is 9.75 Å². The second-order valence-corrected chi connectivity index (χ2v) is 6.55. The summed E-state index contributed by atoms with van der Waals surface area (Å²) in [7, 11) is 1.65. The van der Waals surface area contributed by atoms with Crippen LogP contribution in [0.4, 0.5) is 10.6 Å². The Bertz CT molecular complexity index is 608. The molecule has 2 rings (SSSR count). The summed E-state index contributed by atoms with van der Waals surface area (Å²) in [4.78, 5) is 14.5. The lowest BCUT2D eigenvalue weighted by Gasteiger charge is -2.12. The van der Waals surface area contributed by atoms with E-state index in [9.17, 15) is 4.79 Å². The fourth-order valence-corrected chi connectivity index (χ4v) is 3.08. The minimum Gasteiger partial charge on any atom is -0.383 e. The molecule has 1 unspecified atom stereocenters. The first-order valence-electron chi connectivity index (χ1n) is 7.22. The van der Waals surface area contributed by atoms with Crippen molar-refractivity contribution in [1.82, 2.24) is 15.1 Å². The monoisotopic (exact) mass is 322 g/mol. The normalized spacial score (nSPS) is 12.1. The Balaban J connectivity index is 1.78. The van der Waals surface area contributed by atoms with E-state index in [1.807, 2.05) is 13.1 Å². The molecule has 6 nitrogen and oxygen atoms in total. The number of carbonyl (C=O) groups is 1. The van der Waals surface area contributed by atoms with Gasteiger partial charge in [-0.2, -0.15) is 5.10 Å². The van der Waals surface area contributed by atoms with Gasteiger partial charge in [0.1, 0.15) is 0 Å². The van der Waals surface area contributed by atoms with Crippen molar-refractivity contribution in [2.24, 2.45) is 0 Å². The second kappa shape index (κ2) is 7.95. The smallest absolute Gasteiger partial charge is 0.320 e. The molecule has 2 amide bonds. The zero-order chi connectivity index (χ0) is 15.9. The quantitative estimate of drug-likeness (QED) is 0.823. The van der Waals surface area contributed by atoms with Crippen LogP contribution in [0.5, 0.6) is 0 Å². The van der Waals surface area contributed by atoms with Gasteiger partial charge in [0.15, 0.2) is 5.82 Å². The molecule has 0 spiro atoms. The van der Waals surface area contributed by atoms with Crippen LogP contribution in [0.2, 0.25) is 0 Å². The molecule has 0 aliphatic rings. The molecule has 0 bridgehead atoms. The van der Waals surface area contributed by atoms with Gasteiger partial charge in [-0.05, 0) is 26.0 Å². The summed E-state index contributed by atoms with van der Waals surface area (Å²) in [6.45, 7) is 5.32. The first-order valence-corrected chi connectivity index (χ1v) is 8.03. The molecule has 1 atom stereocenters. The summed E-state index contributed by atoms with van der Waals surface area (Å²) >= 11 is 1.76. The van der Waals surface area contributed by atoms with Crippen LogP contribution in [0.3, 0.4) is 0 Å². The van der Waals surface area contributed by atoms with Gasteiger partial charge in [-0.25, -0.2) is 4.79 Å². The zero-order valence-electron chi connectivity index (χ0n) is 13.1. The summed E-state index contributed by atoms with van der Waals surface area (Å²) in [5, 5.41) is 9.91. The number of nitrogens with zero attached hydrogens (tertiary/aromatic N) is 2. The number of hydrogen-bond acceptors (Lipinski definition) is 4. The van der Waals surface area contributed by atoms with Crippen molar-refractivity contribution >= 4 is 23.2 Å². The third kappa shape index (κ3) is 5.16. The minimum absolute atomic E-state index is 0.0635. The number of hydrogen-bond donors (Lipinski definition) is 2. The van der Waals surface area contributed by atoms with E-state index in [1.54, 1.807) is 29.2 Å². The van der Waals surface area contributed by atoms with Crippen molar-refractivity contribution in [3.63, 3.8) is 0 Å². The van der Waals surface area contributed by atoms with Crippen LogP contribution in [-0.4, -0.2) is 35.6 Å². The lowest BCUT2D eigenvalue weighted by Crippen LogP contribution is -2.37. The van der Waals surface area contributed by atoms with E-state index >= 15 is 0 Å². The molecule has 120 valence electrons. The van der Waals surface area contributed by atoms with Crippen LogP contribution in [0.1, 0.15) is 16.7 Å². The minimum atomic E-state index is -0.238. The maximum Gasteiger partial charge on any atom is 0.320 e. The molecule has 0 saturated heterocycles. The fraction of sp³-hybridized carbons (Fsp3) is 0.467. The highest BCUT2D eigenvalue weighted by atomic mass is 32.1. The second-order valence-electron chi connectivity index (χ2n) is 5.17. The highest BCUT2D eigenvalue weighted by Gasteiger charge is 2.10. The lowest BCUT2D eigenvalue weighted by molar-refractivity contribution is 0.183. The van der Waals surface area contributed by atoms with Crippen molar-refractivity contribution in [3.8, 4) is 0 Å². The third-order valence-electron chi connectivity index (χ3n) is 3.09. The van der Waals surface area contributed by atoms with Gasteiger partial charge in [-0.1, -0.05) is 0 Å². The number of methoxy groups -OCH3 is 1. The number of amides is 2. The first-order chi connectivity index (χ1) is 10.6. The molecule has 0 saturated carbocycles. The number of urea groups is 1. The van der Waals surface area contributed by atoms with Crippen molar-refractivity contribution < 1.29 is 9.53 Å². The van der Waals surface area contributed by atoms with E-state index in [0.29, 0.717) is 19.0 Å². The number of aromatic nitrogens is 2. The Kier molecular flexibility index (Phi) is 5.97. The lowest BCUT2D eigenvalue weighted by atomic mass is 10.2. The van der Waals surface area contributed by atoms with Crippen molar-refractivity contribution in [1.29, 1.82) is 0 Å². The third-order valence-corrected chi connectivity index (χ3v) is 4.11. The van der Waals surface area contributed by atoms with Crippen molar-refractivity contribution in [2.45, 2.75) is 32.9 Å². The SMILES string of the molecule is COCCn1ccc(NC(=O)NC(C)Cc2ccc(C)s2)n1. The Hall–Kier alpha value is -1.86. The number of rotatable bonds is 7. The predicted octanol–water partition coefficient (Wildman–Crippen LogP) is 2.65. The molecule has 0 aromatic carbocycles. The van der Waals surface area contributed by atoms with E-state index in [2.05, 4.69) is 34.8 Å². The van der Waals surface area contributed by atoms with Gasteiger partial charge in [-0.3, -0.25) is 10.00 Å². The summed E-state index contributed by atoms with van der Waals surface area (Å²) in [6.07, 6.45) is 2.64. The van der Waals surface area contributed by atoms with Crippen molar-refractivity contribution in [3.05, 3.63) is 34.2 Å². The topological polar surface area (TPSA) is 68.2 Å². The highest BCUT2D eigenvalue weighted by Crippen LogP contribution is 2.16. The van der Waals surface area contributed by atoms with E-state index in [0.717, 1.165) is 6.42 Å². The van der Waals surface area contributed by atoms with E-state index in [-0.39, 0.29) is 12.1 Å². The van der Waals surface area contributed by atoms with Gasteiger partial charge >= 0.3 is 6.03 Å². The molecule has 0 aliphatic carbocycles. The molecular formula is C15H22N4O2S. The van der Waals surface area contributed by atoms with Crippen molar-refractivity contribution in [2.75, 3.05) is 19.0 Å². The molecule has 2 heterocycles. The number of ether oxygens (including phenoxy) is 1. The van der Waals surface area contributed by atoms with Crippen LogP contribution in [-0.2, 0) is 17.7 Å². The molecule has 2 aromatic heterocycles. The van der Waals surface area contributed by atoms with Gasteiger partial charge in [-0.15, -0.1) is 11.3 Å². The first kappa shape index (κ1) is 16.5. The highest BCUT2D eigenvalue weighted by molar-refractivity contribution is 7.11. The maximum absolute atomic E-state index is 11.9. The van der Waals surface area contributed by atoms with Gasteiger partial charge in [0.2, 0.25) is 0 Å². The standard InChI is InChI=1S/C15H22N4O2S/c1-11(10-13-5-4-12(2)22-13)16-15(20)17-14-6-7-19(18-14)8-9-21-3/h4-7,11H,8-10H2,1-3H3,(H2,16,17,18,20). The molecule has 2 N–H and O–H groups in total. The van der Waals surface area contributed by atoms with Crippen LogP contribution < -0.4 is 10.6 Å². The summed E-state index contributed by atoms with van der Waals surface area (Å²) in [6, 6.07) is 5.79. The molecule has 0 radical (unpaired) electrons. The Morgan fingerprint density at radius 1 is 1.45 bits per heavy atom. The molecule has 22 heavy (non-hydrogen) atoms. The largest absolute Gasteiger partial charge is 0.383 e. The summed E-state index contributed by atoms with van der Waals surface area (Å²) in [5.41, 5.74) is 0. The predicted molar refractivity (Wildman–Crippen MR) is 88.5 cm³/mol.